The van der Waals surface area contributed by atoms with E-state index in [1.165, 1.54) is 18.1 Å². The second-order valence-electron chi connectivity index (χ2n) is 6.09. The summed E-state index contributed by atoms with van der Waals surface area (Å²) in [6.45, 7) is 1.10. The van der Waals surface area contributed by atoms with Crippen molar-refractivity contribution in [2.24, 2.45) is 0 Å². The minimum absolute atomic E-state index is 0.178. The van der Waals surface area contributed by atoms with Crippen LogP contribution in [-0.4, -0.2) is 24.3 Å². The van der Waals surface area contributed by atoms with Gasteiger partial charge in [-0.2, -0.15) is 0 Å². The Labute approximate surface area is 146 Å². The van der Waals surface area contributed by atoms with Gasteiger partial charge in [-0.25, -0.2) is 4.79 Å². The molecule has 0 aromatic heterocycles. The average Bonchev–Trinajstić information content (AvgIpc) is 3.07. The van der Waals surface area contributed by atoms with Crippen molar-refractivity contribution in [1.29, 1.82) is 0 Å². The smallest absolute Gasteiger partial charge is 0.338 e. The third kappa shape index (κ3) is 4.12. The summed E-state index contributed by atoms with van der Waals surface area (Å²) >= 11 is 0. The summed E-state index contributed by atoms with van der Waals surface area (Å²) in [5.74, 6) is -0.954. The third-order valence-corrected chi connectivity index (χ3v) is 4.20. The Morgan fingerprint density at radius 3 is 2.36 bits per heavy atom. The molecule has 2 aromatic rings. The lowest BCUT2D eigenvalue weighted by Gasteiger charge is -2.07. The fraction of sp³-hybridized carbons (Fsp3) is 0.250. The van der Waals surface area contributed by atoms with Crippen LogP contribution in [0.3, 0.4) is 0 Å². The molecule has 25 heavy (non-hydrogen) atoms. The van der Waals surface area contributed by atoms with Crippen LogP contribution in [0.1, 0.15) is 45.2 Å². The lowest BCUT2D eigenvalue weighted by Crippen LogP contribution is -2.14. The van der Waals surface area contributed by atoms with Crippen molar-refractivity contribution in [3.8, 4) is 0 Å². The van der Waals surface area contributed by atoms with E-state index in [1.54, 1.807) is 30.3 Å². The number of anilines is 1. The van der Waals surface area contributed by atoms with E-state index in [0.29, 0.717) is 16.8 Å². The Morgan fingerprint density at radius 2 is 1.64 bits per heavy atom. The van der Waals surface area contributed by atoms with Crippen molar-refractivity contribution in [2.45, 2.75) is 26.2 Å². The molecule has 0 saturated heterocycles. The molecule has 5 nitrogen and oxygen atoms in total. The van der Waals surface area contributed by atoms with Crippen LogP contribution in [0.15, 0.2) is 42.5 Å². The van der Waals surface area contributed by atoms with Gasteiger partial charge in [0.15, 0.2) is 12.4 Å². The molecule has 0 unspecified atom stereocenters. The van der Waals surface area contributed by atoms with Gasteiger partial charge in [-0.3, -0.25) is 9.59 Å². The molecule has 1 aliphatic rings. The zero-order chi connectivity index (χ0) is 17.8. The van der Waals surface area contributed by atoms with Gasteiger partial charge in [0.05, 0.1) is 5.56 Å². The number of esters is 1. The second-order valence-corrected chi connectivity index (χ2v) is 6.09. The number of hydrogen-bond donors (Lipinski definition) is 1. The molecule has 0 heterocycles. The summed E-state index contributed by atoms with van der Waals surface area (Å²) < 4.78 is 5.14. The molecule has 0 spiro atoms. The highest BCUT2D eigenvalue weighted by molar-refractivity contribution is 6.00. The Hall–Kier alpha value is -2.95. The summed E-state index contributed by atoms with van der Waals surface area (Å²) in [5, 5.41) is 2.63. The molecule has 1 aliphatic carbocycles. The highest BCUT2D eigenvalue weighted by atomic mass is 16.5. The van der Waals surface area contributed by atoms with E-state index in [0.717, 1.165) is 19.3 Å². The van der Waals surface area contributed by atoms with E-state index in [4.69, 9.17) is 4.74 Å². The minimum atomic E-state index is -0.488. The van der Waals surface area contributed by atoms with Crippen molar-refractivity contribution >= 4 is 23.3 Å². The van der Waals surface area contributed by atoms with Crippen LogP contribution in [-0.2, 0) is 22.4 Å². The number of fused-ring (bicyclic) bond motifs is 1. The van der Waals surface area contributed by atoms with Gasteiger partial charge in [0.25, 0.3) is 0 Å². The predicted octanol–water partition coefficient (Wildman–Crippen LogP) is 3.17. The average molecular weight is 337 g/mol. The number of benzene rings is 2. The van der Waals surface area contributed by atoms with Gasteiger partial charge in [-0.05, 0) is 66.8 Å². The first-order chi connectivity index (χ1) is 12.0. The van der Waals surface area contributed by atoms with Crippen molar-refractivity contribution < 1.29 is 19.1 Å². The first-order valence-electron chi connectivity index (χ1n) is 8.23. The lowest BCUT2D eigenvalue weighted by atomic mass is 10.1. The molecule has 0 fully saturated rings. The molecule has 128 valence electrons. The monoisotopic (exact) mass is 337 g/mol. The Morgan fingerprint density at radius 1 is 0.960 bits per heavy atom. The van der Waals surface area contributed by atoms with E-state index in [2.05, 4.69) is 5.32 Å². The van der Waals surface area contributed by atoms with Crippen LogP contribution in [0.2, 0.25) is 0 Å². The SMILES string of the molecule is CC(=O)Nc1ccc(C(=O)COC(=O)c2ccc3c(c2)CCC3)cc1. The highest BCUT2D eigenvalue weighted by Gasteiger charge is 2.16. The van der Waals surface area contributed by atoms with Crippen LogP contribution in [0.5, 0.6) is 0 Å². The summed E-state index contributed by atoms with van der Waals surface area (Å²) in [6.07, 6.45) is 3.15. The minimum Gasteiger partial charge on any atom is -0.454 e. The number of amides is 1. The normalized spacial score (nSPS) is 12.4. The Kier molecular flexibility index (Phi) is 4.93. The van der Waals surface area contributed by atoms with Gasteiger partial charge >= 0.3 is 5.97 Å². The van der Waals surface area contributed by atoms with E-state index in [1.807, 2.05) is 12.1 Å². The standard InChI is InChI=1S/C20H19NO4/c1-13(22)21-18-9-7-15(8-10-18)19(23)12-25-20(24)17-6-5-14-3-2-4-16(14)11-17/h5-11H,2-4,12H2,1H3,(H,21,22). The number of rotatable bonds is 5. The number of ether oxygens (including phenoxy) is 1. The first kappa shape index (κ1) is 16.9. The van der Waals surface area contributed by atoms with Crippen LogP contribution in [0.4, 0.5) is 5.69 Å². The summed E-state index contributed by atoms with van der Waals surface area (Å²) in [4.78, 5) is 35.2. The van der Waals surface area contributed by atoms with Crippen LogP contribution in [0, 0.1) is 0 Å². The summed E-state index contributed by atoms with van der Waals surface area (Å²) in [7, 11) is 0. The van der Waals surface area contributed by atoms with Crippen molar-refractivity contribution in [1.82, 2.24) is 0 Å². The Bertz CT molecular complexity index is 824. The van der Waals surface area contributed by atoms with Gasteiger partial charge < -0.3 is 10.1 Å². The molecule has 0 aliphatic heterocycles. The molecule has 0 atom stereocenters. The molecule has 0 radical (unpaired) electrons. The summed E-state index contributed by atoms with van der Waals surface area (Å²) in [6, 6.07) is 12.0. The number of Topliss-reactive ketones (excluding diaryl/α,β-unsaturated/α-hetero) is 1. The second kappa shape index (κ2) is 7.30. The molecule has 0 bridgehead atoms. The number of aryl methyl sites for hydroxylation is 2. The highest BCUT2D eigenvalue weighted by Crippen LogP contribution is 2.23. The molecule has 5 heteroatoms. The number of ketones is 1. The van der Waals surface area contributed by atoms with Crippen LogP contribution < -0.4 is 5.32 Å². The largest absolute Gasteiger partial charge is 0.454 e. The van der Waals surface area contributed by atoms with Gasteiger partial charge in [0.1, 0.15) is 0 Å². The van der Waals surface area contributed by atoms with E-state index < -0.39 is 5.97 Å². The number of carbonyl (C=O) groups excluding carboxylic acids is 3. The van der Waals surface area contributed by atoms with Gasteiger partial charge in [-0.1, -0.05) is 6.07 Å². The molecular weight excluding hydrogens is 318 g/mol. The summed E-state index contributed by atoms with van der Waals surface area (Å²) in [5.41, 5.74) is 3.99. The van der Waals surface area contributed by atoms with Crippen molar-refractivity contribution in [2.75, 3.05) is 11.9 Å². The first-order valence-corrected chi connectivity index (χ1v) is 8.23. The third-order valence-electron chi connectivity index (χ3n) is 4.20. The van der Waals surface area contributed by atoms with E-state index in [9.17, 15) is 14.4 Å². The lowest BCUT2D eigenvalue weighted by molar-refractivity contribution is -0.114. The molecule has 3 rings (SSSR count). The number of nitrogens with one attached hydrogen (secondary N) is 1. The fourth-order valence-electron chi connectivity index (χ4n) is 2.94. The molecule has 0 saturated carbocycles. The fourth-order valence-corrected chi connectivity index (χ4v) is 2.94. The van der Waals surface area contributed by atoms with Gasteiger partial charge in [0.2, 0.25) is 5.91 Å². The molecule has 1 amide bonds. The molecule has 2 aromatic carbocycles. The van der Waals surface area contributed by atoms with Gasteiger partial charge in [0, 0.05) is 18.2 Å². The number of hydrogen-bond acceptors (Lipinski definition) is 4. The zero-order valence-corrected chi connectivity index (χ0v) is 14.0. The maximum Gasteiger partial charge on any atom is 0.338 e. The van der Waals surface area contributed by atoms with Crippen molar-refractivity contribution in [3.63, 3.8) is 0 Å². The van der Waals surface area contributed by atoms with Crippen LogP contribution in [0.25, 0.3) is 0 Å². The number of carbonyl (C=O) groups is 3. The molecular formula is C20H19NO4. The topological polar surface area (TPSA) is 72.5 Å². The Balaban J connectivity index is 1.58. The van der Waals surface area contributed by atoms with Crippen molar-refractivity contribution in [3.05, 3.63) is 64.7 Å². The maximum absolute atomic E-state index is 12.1. The quantitative estimate of drug-likeness (QED) is 0.672. The zero-order valence-electron chi connectivity index (χ0n) is 14.0. The van der Waals surface area contributed by atoms with E-state index >= 15 is 0 Å². The van der Waals surface area contributed by atoms with E-state index in [-0.39, 0.29) is 18.3 Å². The van der Waals surface area contributed by atoms with Gasteiger partial charge in [-0.15, -0.1) is 0 Å². The maximum atomic E-state index is 12.1. The predicted molar refractivity (Wildman–Crippen MR) is 93.8 cm³/mol. The molecule has 1 N–H and O–H groups in total. The van der Waals surface area contributed by atoms with Crippen LogP contribution >= 0.6 is 0 Å².